The number of ether oxygens (including phenoxy) is 1. The van der Waals surface area contributed by atoms with Crippen LogP contribution in [-0.4, -0.2) is 20.6 Å². The number of aryl methyl sites for hydroxylation is 2. The van der Waals surface area contributed by atoms with Crippen LogP contribution >= 0.6 is 0 Å². The highest BCUT2D eigenvalue weighted by atomic mass is 16.6. The monoisotopic (exact) mass is 366 g/mol. The number of aromatic nitrogens is 2. The molecule has 0 aliphatic heterocycles. The molecule has 0 unspecified atom stereocenters. The molecule has 1 heterocycles. The number of benzene rings is 2. The van der Waals surface area contributed by atoms with Gasteiger partial charge in [0.05, 0.1) is 16.7 Å². The highest BCUT2D eigenvalue weighted by Gasteiger charge is 2.15. The number of hydrogen-bond acceptors (Lipinski definition) is 5. The summed E-state index contributed by atoms with van der Waals surface area (Å²) in [6.45, 7) is 4.46. The minimum absolute atomic E-state index is 0.186. The van der Waals surface area contributed by atoms with E-state index in [9.17, 15) is 14.9 Å². The summed E-state index contributed by atoms with van der Waals surface area (Å²) >= 11 is 0. The average molecular weight is 366 g/mol. The fourth-order valence-electron chi connectivity index (χ4n) is 2.49. The zero-order valence-electron chi connectivity index (χ0n) is 14.9. The van der Waals surface area contributed by atoms with Gasteiger partial charge in [0.15, 0.2) is 5.69 Å². The van der Waals surface area contributed by atoms with E-state index in [0.717, 1.165) is 5.56 Å². The molecule has 0 aliphatic rings. The number of anilines is 1. The van der Waals surface area contributed by atoms with Gasteiger partial charge in [-0.15, -0.1) is 0 Å². The van der Waals surface area contributed by atoms with Gasteiger partial charge >= 0.3 is 0 Å². The Morgan fingerprint density at radius 3 is 2.70 bits per heavy atom. The zero-order chi connectivity index (χ0) is 19.4. The molecule has 1 N–H and O–H groups in total. The van der Waals surface area contributed by atoms with Crippen molar-refractivity contribution in [1.29, 1.82) is 0 Å². The predicted octanol–water partition coefficient (Wildman–Crippen LogP) is 4.16. The standard InChI is InChI=1S/C19H18N4O4/c1-3-22-8-7-18(21-22)19(24)20-14-10-15(23(25)26)12-17(11-14)27-16-6-4-5-13(2)9-16/h4-12H,3H2,1-2H3,(H,20,24). The molecule has 0 spiro atoms. The number of nitro benzene ring substituents is 1. The molecular weight excluding hydrogens is 348 g/mol. The molecule has 27 heavy (non-hydrogen) atoms. The molecule has 0 aliphatic carbocycles. The molecule has 0 bridgehead atoms. The van der Waals surface area contributed by atoms with Crippen molar-refractivity contribution in [2.24, 2.45) is 0 Å². The highest BCUT2D eigenvalue weighted by molar-refractivity contribution is 6.03. The first-order valence-corrected chi connectivity index (χ1v) is 8.33. The SMILES string of the molecule is CCn1ccc(C(=O)Nc2cc(Oc3cccc(C)c3)cc([N+](=O)[O-])c2)n1. The first-order valence-electron chi connectivity index (χ1n) is 8.33. The second kappa shape index (κ2) is 7.69. The van der Waals surface area contributed by atoms with Crippen molar-refractivity contribution in [3.8, 4) is 11.5 Å². The quantitative estimate of drug-likeness (QED) is 0.521. The number of nitrogens with one attached hydrogen (secondary N) is 1. The summed E-state index contributed by atoms with van der Waals surface area (Å²) in [5, 5.41) is 18.0. The van der Waals surface area contributed by atoms with Gasteiger partial charge in [0, 0.05) is 24.9 Å². The lowest BCUT2D eigenvalue weighted by molar-refractivity contribution is -0.384. The van der Waals surface area contributed by atoms with Crippen LogP contribution in [0.25, 0.3) is 0 Å². The largest absolute Gasteiger partial charge is 0.457 e. The van der Waals surface area contributed by atoms with Gasteiger partial charge in [0.2, 0.25) is 0 Å². The van der Waals surface area contributed by atoms with Crippen molar-refractivity contribution in [3.05, 3.63) is 76.1 Å². The highest BCUT2D eigenvalue weighted by Crippen LogP contribution is 2.30. The van der Waals surface area contributed by atoms with Gasteiger partial charge in [-0.1, -0.05) is 12.1 Å². The Bertz CT molecular complexity index is 997. The number of rotatable bonds is 6. The van der Waals surface area contributed by atoms with Crippen molar-refractivity contribution < 1.29 is 14.5 Å². The lowest BCUT2D eigenvalue weighted by Crippen LogP contribution is -2.13. The average Bonchev–Trinajstić information content (AvgIpc) is 3.11. The lowest BCUT2D eigenvalue weighted by Gasteiger charge is -2.09. The van der Waals surface area contributed by atoms with Gasteiger partial charge in [0.25, 0.3) is 11.6 Å². The van der Waals surface area contributed by atoms with E-state index < -0.39 is 10.8 Å². The van der Waals surface area contributed by atoms with Crippen molar-refractivity contribution in [3.63, 3.8) is 0 Å². The third-order valence-electron chi connectivity index (χ3n) is 3.78. The van der Waals surface area contributed by atoms with Crippen LogP contribution in [0.5, 0.6) is 11.5 Å². The number of nitrogens with zero attached hydrogens (tertiary/aromatic N) is 3. The van der Waals surface area contributed by atoms with E-state index in [-0.39, 0.29) is 22.8 Å². The van der Waals surface area contributed by atoms with Crippen LogP contribution in [0.4, 0.5) is 11.4 Å². The van der Waals surface area contributed by atoms with Crippen LogP contribution in [-0.2, 0) is 6.54 Å². The molecule has 0 fully saturated rings. The topological polar surface area (TPSA) is 99.3 Å². The molecule has 8 heteroatoms. The van der Waals surface area contributed by atoms with Crippen LogP contribution in [0, 0.1) is 17.0 Å². The first kappa shape index (κ1) is 18.1. The summed E-state index contributed by atoms with van der Waals surface area (Å²) in [5.74, 6) is 0.350. The lowest BCUT2D eigenvalue weighted by atomic mass is 10.2. The van der Waals surface area contributed by atoms with Gasteiger partial charge in [-0.3, -0.25) is 19.6 Å². The smallest absolute Gasteiger partial charge is 0.276 e. The van der Waals surface area contributed by atoms with Crippen LogP contribution in [0.1, 0.15) is 23.0 Å². The predicted molar refractivity (Wildman–Crippen MR) is 100 cm³/mol. The molecule has 1 aromatic heterocycles. The van der Waals surface area contributed by atoms with Gasteiger partial charge in [0.1, 0.15) is 11.5 Å². The molecule has 0 saturated carbocycles. The third-order valence-corrected chi connectivity index (χ3v) is 3.78. The fraction of sp³-hybridized carbons (Fsp3) is 0.158. The summed E-state index contributed by atoms with van der Waals surface area (Å²) in [7, 11) is 0. The number of carbonyl (C=O) groups is 1. The van der Waals surface area contributed by atoms with Crippen LogP contribution in [0.2, 0.25) is 0 Å². The van der Waals surface area contributed by atoms with E-state index >= 15 is 0 Å². The second-order valence-electron chi connectivity index (χ2n) is 5.90. The van der Waals surface area contributed by atoms with Crippen molar-refractivity contribution in [2.75, 3.05) is 5.32 Å². The Morgan fingerprint density at radius 2 is 2.04 bits per heavy atom. The Labute approximate surface area is 155 Å². The molecular formula is C19H18N4O4. The molecule has 0 radical (unpaired) electrons. The maximum absolute atomic E-state index is 12.3. The summed E-state index contributed by atoms with van der Waals surface area (Å²) < 4.78 is 7.34. The molecule has 3 rings (SSSR count). The molecule has 138 valence electrons. The van der Waals surface area contributed by atoms with Gasteiger partial charge in [-0.2, -0.15) is 5.10 Å². The molecule has 0 atom stereocenters. The van der Waals surface area contributed by atoms with Crippen LogP contribution in [0.3, 0.4) is 0 Å². The second-order valence-corrected chi connectivity index (χ2v) is 5.90. The first-order chi connectivity index (χ1) is 12.9. The van der Waals surface area contributed by atoms with Crippen LogP contribution < -0.4 is 10.1 Å². The maximum atomic E-state index is 12.3. The Balaban J connectivity index is 1.86. The molecule has 8 nitrogen and oxygen atoms in total. The minimum Gasteiger partial charge on any atom is -0.457 e. The van der Waals surface area contributed by atoms with E-state index in [1.165, 1.54) is 18.2 Å². The van der Waals surface area contributed by atoms with Crippen molar-refractivity contribution in [2.45, 2.75) is 20.4 Å². The number of carbonyl (C=O) groups excluding carboxylic acids is 1. The summed E-state index contributed by atoms with van der Waals surface area (Å²) in [5.41, 5.74) is 1.29. The van der Waals surface area contributed by atoms with E-state index in [2.05, 4.69) is 10.4 Å². The van der Waals surface area contributed by atoms with E-state index in [4.69, 9.17) is 4.74 Å². The Kier molecular flexibility index (Phi) is 5.16. The minimum atomic E-state index is -0.537. The molecule has 1 amide bonds. The Hall–Kier alpha value is -3.68. The van der Waals surface area contributed by atoms with Crippen LogP contribution in [0.15, 0.2) is 54.7 Å². The van der Waals surface area contributed by atoms with Crippen molar-refractivity contribution >= 4 is 17.3 Å². The zero-order valence-corrected chi connectivity index (χ0v) is 14.9. The number of hydrogen-bond donors (Lipinski definition) is 1. The van der Waals surface area contributed by atoms with Gasteiger partial charge in [-0.05, 0) is 37.6 Å². The van der Waals surface area contributed by atoms with Crippen molar-refractivity contribution in [1.82, 2.24) is 9.78 Å². The van der Waals surface area contributed by atoms with E-state index in [1.807, 2.05) is 32.0 Å². The number of nitro groups is 1. The van der Waals surface area contributed by atoms with Gasteiger partial charge < -0.3 is 10.1 Å². The maximum Gasteiger partial charge on any atom is 0.276 e. The van der Waals surface area contributed by atoms with Gasteiger partial charge in [-0.25, -0.2) is 0 Å². The Morgan fingerprint density at radius 1 is 1.22 bits per heavy atom. The van der Waals surface area contributed by atoms with E-state index in [0.29, 0.717) is 12.3 Å². The molecule has 3 aromatic rings. The molecule has 2 aromatic carbocycles. The number of amides is 1. The normalized spacial score (nSPS) is 10.4. The third kappa shape index (κ3) is 4.49. The number of non-ortho nitro benzene ring substituents is 1. The van der Waals surface area contributed by atoms with E-state index in [1.54, 1.807) is 23.0 Å². The molecule has 0 saturated heterocycles. The summed E-state index contributed by atoms with van der Waals surface area (Å²) in [4.78, 5) is 23.0. The fourth-order valence-corrected chi connectivity index (χ4v) is 2.49. The summed E-state index contributed by atoms with van der Waals surface area (Å²) in [6.07, 6.45) is 1.69. The summed E-state index contributed by atoms with van der Waals surface area (Å²) in [6, 6.07) is 13.0.